The van der Waals surface area contributed by atoms with E-state index in [0.717, 1.165) is 16.7 Å². The zero-order valence-electron chi connectivity index (χ0n) is 23.8. The number of aliphatic imine (C=N–C) groups is 1. The van der Waals surface area contributed by atoms with Gasteiger partial charge in [0.05, 0.1) is 24.2 Å². The first-order valence-corrected chi connectivity index (χ1v) is 14.3. The molecule has 1 aliphatic heterocycles. The van der Waals surface area contributed by atoms with E-state index in [0.29, 0.717) is 34.7 Å². The van der Waals surface area contributed by atoms with Crippen LogP contribution in [0, 0.1) is 6.92 Å². The number of rotatable bonds is 8. The van der Waals surface area contributed by atoms with Crippen molar-refractivity contribution >= 4 is 34.6 Å². The van der Waals surface area contributed by atoms with Gasteiger partial charge in [-0.15, -0.1) is 18.3 Å². The normalized spacial score (nSPS) is 15.0. The number of thioether (sulfide) groups is 1. The molecule has 1 aromatic heterocycles. The van der Waals surface area contributed by atoms with E-state index >= 15 is 0 Å². The van der Waals surface area contributed by atoms with E-state index in [1.54, 1.807) is 19.2 Å². The number of hydrogen-bond acceptors (Lipinski definition) is 7. The number of carbonyl (C=O) groups is 2. The number of hydrogen-bond donors (Lipinski definition) is 1. The molecule has 2 heterocycles. The van der Waals surface area contributed by atoms with Gasteiger partial charge in [-0.05, 0) is 66.4 Å². The van der Waals surface area contributed by atoms with Gasteiger partial charge in [0.25, 0.3) is 0 Å². The largest absolute Gasteiger partial charge is 0.573 e. The predicted octanol–water partition coefficient (Wildman–Crippen LogP) is 6.10. The van der Waals surface area contributed by atoms with E-state index in [2.05, 4.69) is 25.1 Å². The first-order chi connectivity index (χ1) is 21.0. The minimum atomic E-state index is -4.76. The number of amides is 3. The number of halogens is 3. The van der Waals surface area contributed by atoms with E-state index < -0.39 is 12.4 Å². The van der Waals surface area contributed by atoms with Crippen molar-refractivity contribution in [2.24, 2.45) is 4.99 Å². The van der Waals surface area contributed by atoms with Crippen molar-refractivity contribution in [3.63, 3.8) is 0 Å². The molecular weight excluding hydrogens is 597 g/mol. The van der Waals surface area contributed by atoms with Crippen LogP contribution in [-0.4, -0.2) is 57.6 Å². The number of urea groups is 1. The Balaban J connectivity index is 1.19. The Morgan fingerprint density at radius 2 is 1.80 bits per heavy atom. The van der Waals surface area contributed by atoms with E-state index in [1.807, 2.05) is 44.2 Å². The Kier molecular flexibility index (Phi) is 8.90. The van der Waals surface area contributed by atoms with E-state index in [9.17, 15) is 22.8 Å². The van der Waals surface area contributed by atoms with E-state index in [1.165, 1.54) is 51.9 Å². The van der Waals surface area contributed by atoms with Crippen LogP contribution in [0.1, 0.15) is 24.0 Å². The number of nitrogens with zero attached hydrogens (tertiary/aromatic N) is 5. The lowest BCUT2D eigenvalue weighted by Gasteiger charge is -2.19. The summed E-state index contributed by atoms with van der Waals surface area (Å²) in [5.41, 5.74) is 3.69. The van der Waals surface area contributed by atoms with E-state index in [4.69, 9.17) is 4.74 Å². The fourth-order valence-corrected chi connectivity index (χ4v) is 5.31. The lowest BCUT2D eigenvalue weighted by Crippen LogP contribution is -2.32. The van der Waals surface area contributed by atoms with Crippen molar-refractivity contribution in [3.8, 4) is 28.6 Å². The number of alkyl halides is 3. The second kappa shape index (κ2) is 12.8. The lowest BCUT2D eigenvalue weighted by atomic mass is 10.00. The van der Waals surface area contributed by atoms with Crippen molar-refractivity contribution in [1.82, 2.24) is 20.1 Å². The van der Waals surface area contributed by atoms with Crippen LogP contribution in [0.2, 0.25) is 0 Å². The second-order valence-electron chi connectivity index (χ2n) is 9.83. The highest BCUT2D eigenvalue weighted by Crippen LogP contribution is 2.31. The Labute approximate surface area is 254 Å². The molecule has 1 unspecified atom stereocenters. The number of aryl methyl sites for hydroxylation is 1. The van der Waals surface area contributed by atoms with Crippen LogP contribution in [0.15, 0.2) is 78.0 Å². The number of aromatic nitrogens is 3. The van der Waals surface area contributed by atoms with Crippen molar-refractivity contribution < 1.29 is 32.2 Å². The zero-order valence-corrected chi connectivity index (χ0v) is 24.6. The molecule has 0 saturated carbocycles. The second-order valence-corrected chi connectivity index (χ2v) is 10.8. The number of carbonyl (C=O) groups excluding carboxylic acids is 2. The van der Waals surface area contributed by atoms with Crippen LogP contribution in [0.25, 0.3) is 17.1 Å². The Bertz CT molecular complexity index is 1690. The summed E-state index contributed by atoms with van der Waals surface area (Å²) < 4.78 is 47.8. The molecule has 5 rings (SSSR count). The molecule has 4 aromatic rings. The molecule has 1 fully saturated rings. The summed E-state index contributed by atoms with van der Waals surface area (Å²) in [4.78, 5) is 35.2. The molecular formula is C30H27F3N6O4S. The van der Waals surface area contributed by atoms with Crippen LogP contribution in [0.5, 0.6) is 11.5 Å². The van der Waals surface area contributed by atoms with Crippen LogP contribution >= 0.6 is 11.8 Å². The third-order valence-corrected chi connectivity index (χ3v) is 7.65. The highest BCUT2D eigenvalue weighted by Gasteiger charge is 2.32. The molecule has 1 saturated heterocycles. The third kappa shape index (κ3) is 7.19. The van der Waals surface area contributed by atoms with Crippen molar-refractivity contribution in [2.75, 3.05) is 24.3 Å². The summed E-state index contributed by atoms with van der Waals surface area (Å²) in [6, 6.07) is 17.6. The van der Waals surface area contributed by atoms with Gasteiger partial charge in [0, 0.05) is 12.1 Å². The molecule has 1 atom stereocenters. The number of nitrogens with one attached hydrogen (secondary N) is 1. The summed E-state index contributed by atoms with van der Waals surface area (Å²) in [5.74, 6) is 0.764. The summed E-state index contributed by atoms with van der Waals surface area (Å²) in [6.07, 6.45) is -3.29. The maximum atomic E-state index is 12.7. The fraction of sp³-hybridized carbons (Fsp3) is 0.233. The number of anilines is 1. The number of ether oxygens (including phenoxy) is 2. The maximum absolute atomic E-state index is 12.7. The summed E-state index contributed by atoms with van der Waals surface area (Å²) >= 11 is 1.21. The van der Waals surface area contributed by atoms with Crippen LogP contribution in [0.4, 0.5) is 23.7 Å². The Hall–Kier alpha value is -4.85. The topological polar surface area (TPSA) is 111 Å². The molecule has 228 valence electrons. The van der Waals surface area contributed by atoms with Crippen LogP contribution in [-0.2, 0) is 4.79 Å². The van der Waals surface area contributed by atoms with Crippen molar-refractivity contribution in [2.45, 2.75) is 26.1 Å². The summed E-state index contributed by atoms with van der Waals surface area (Å²) in [5, 5.41) is 7.55. The molecule has 1 N–H and O–H groups in total. The standard InChI is InChI=1S/C30H27F3N6O4S/c1-18-14-24(42-3)12-13-25(18)39-26(40)16-44-29(39)36-28(41)34-15-19(2)20-4-6-21(7-5-20)27-35-17-38(37-27)22-8-10-23(11-9-22)43-30(31,32)33/h4-14,17,19H,15-16H2,1-3H3,(H,34,41)/b36-29-. The summed E-state index contributed by atoms with van der Waals surface area (Å²) in [6.45, 7) is 4.14. The van der Waals surface area contributed by atoms with Crippen LogP contribution < -0.4 is 19.7 Å². The fourth-order valence-electron chi connectivity index (χ4n) is 4.45. The smallest absolute Gasteiger partial charge is 0.497 e. The highest BCUT2D eigenvalue weighted by atomic mass is 32.2. The average Bonchev–Trinajstić information content (AvgIpc) is 3.63. The van der Waals surface area contributed by atoms with Crippen molar-refractivity contribution in [1.29, 1.82) is 0 Å². The van der Waals surface area contributed by atoms with Gasteiger partial charge in [0.2, 0.25) is 5.91 Å². The quantitative estimate of drug-likeness (QED) is 0.252. The number of benzene rings is 3. The molecule has 3 aromatic carbocycles. The number of methoxy groups -OCH3 is 1. The van der Waals surface area contributed by atoms with Gasteiger partial charge in [0.1, 0.15) is 17.8 Å². The maximum Gasteiger partial charge on any atom is 0.573 e. The monoisotopic (exact) mass is 624 g/mol. The van der Waals surface area contributed by atoms with Gasteiger partial charge in [-0.3, -0.25) is 9.69 Å². The average molecular weight is 625 g/mol. The number of amidine groups is 1. The van der Waals surface area contributed by atoms with Gasteiger partial charge >= 0.3 is 12.4 Å². The molecule has 0 bridgehead atoms. The van der Waals surface area contributed by atoms with Gasteiger partial charge in [-0.25, -0.2) is 14.5 Å². The molecule has 0 radical (unpaired) electrons. The first-order valence-electron chi connectivity index (χ1n) is 13.4. The van der Waals surface area contributed by atoms with Crippen LogP contribution in [0.3, 0.4) is 0 Å². The molecule has 1 aliphatic rings. The minimum Gasteiger partial charge on any atom is -0.497 e. The predicted molar refractivity (Wildman–Crippen MR) is 160 cm³/mol. The van der Waals surface area contributed by atoms with Crippen molar-refractivity contribution in [3.05, 3.63) is 84.2 Å². The zero-order chi connectivity index (χ0) is 31.4. The first kappa shape index (κ1) is 30.6. The van der Waals surface area contributed by atoms with Gasteiger partial charge in [-0.2, -0.15) is 4.99 Å². The molecule has 0 aliphatic carbocycles. The van der Waals surface area contributed by atoms with E-state index in [-0.39, 0.29) is 23.3 Å². The molecule has 10 nitrogen and oxygen atoms in total. The Morgan fingerprint density at radius 1 is 1.09 bits per heavy atom. The van der Waals surface area contributed by atoms with Gasteiger partial charge < -0.3 is 14.8 Å². The molecule has 0 spiro atoms. The van der Waals surface area contributed by atoms with Gasteiger partial charge in [0.15, 0.2) is 11.0 Å². The molecule has 3 amide bonds. The summed E-state index contributed by atoms with van der Waals surface area (Å²) in [7, 11) is 1.57. The Morgan fingerprint density at radius 3 is 2.45 bits per heavy atom. The highest BCUT2D eigenvalue weighted by molar-refractivity contribution is 8.15. The van der Waals surface area contributed by atoms with Gasteiger partial charge in [-0.1, -0.05) is 43.0 Å². The lowest BCUT2D eigenvalue weighted by molar-refractivity contribution is -0.274. The SMILES string of the molecule is COc1ccc(N2C(=O)CS/C2=N\C(=O)NCC(C)c2ccc(-c3ncn(-c4ccc(OC(F)(F)F)cc4)n3)cc2)c(C)c1. The molecule has 14 heteroatoms. The minimum absolute atomic E-state index is 0.0473. The molecule has 44 heavy (non-hydrogen) atoms. The third-order valence-electron chi connectivity index (χ3n) is 6.73.